The van der Waals surface area contributed by atoms with Gasteiger partial charge in [-0.15, -0.1) is 23.1 Å². The van der Waals surface area contributed by atoms with Crippen LogP contribution in [0.4, 0.5) is 5.00 Å². The first-order valence-corrected chi connectivity index (χ1v) is 11.2. The topological polar surface area (TPSA) is 99.5 Å². The highest BCUT2D eigenvalue weighted by atomic mass is 32.2. The predicted molar refractivity (Wildman–Crippen MR) is 106 cm³/mol. The first-order valence-electron chi connectivity index (χ1n) is 9.40. The summed E-state index contributed by atoms with van der Waals surface area (Å²) in [4.78, 5) is 39.3. The van der Waals surface area contributed by atoms with Crippen molar-refractivity contribution >= 4 is 45.9 Å². The number of nitrogens with zero attached hydrogens (tertiary/aromatic N) is 2. The van der Waals surface area contributed by atoms with E-state index in [1.807, 2.05) is 6.92 Å². The van der Waals surface area contributed by atoms with Crippen molar-refractivity contribution in [2.24, 2.45) is 0 Å². The van der Waals surface area contributed by atoms with Gasteiger partial charge in [0.2, 0.25) is 5.91 Å². The Morgan fingerprint density at radius 2 is 2.14 bits per heavy atom. The Morgan fingerprint density at radius 1 is 1.36 bits per heavy atom. The van der Waals surface area contributed by atoms with Gasteiger partial charge in [0.05, 0.1) is 10.4 Å². The lowest BCUT2D eigenvalue weighted by Gasteiger charge is -2.29. The van der Waals surface area contributed by atoms with Crippen molar-refractivity contribution in [3.8, 4) is 6.07 Å². The molecule has 1 N–H and O–H groups in total. The van der Waals surface area contributed by atoms with E-state index >= 15 is 0 Å². The molecule has 0 spiro atoms. The highest BCUT2D eigenvalue weighted by Crippen LogP contribution is 2.47. The number of fused-ring (bicyclic) bond motifs is 2. The van der Waals surface area contributed by atoms with E-state index in [-0.39, 0.29) is 10.8 Å². The lowest BCUT2D eigenvalue weighted by Crippen LogP contribution is -2.47. The Hall–Kier alpha value is -2.05. The van der Waals surface area contributed by atoms with E-state index in [0.717, 1.165) is 42.5 Å². The van der Waals surface area contributed by atoms with Crippen LogP contribution in [0.2, 0.25) is 0 Å². The van der Waals surface area contributed by atoms with Crippen molar-refractivity contribution in [1.82, 2.24) is 4.90 Å². The molecule has 2 fully saturated rings. The Morgan fingerprint density at radius 3 is 2.93 bits per heavy atom. The summed E-state index contributed by atoms with van der Waals surface area (Å²) in [5.41, 5.74) is 1.57. The quantitative estimate of drug-likeness (QED) is 0.753. The van der Waals surface area contributed by atoms with Crippen LogP contribution in [0.1, 0.15) is 48.6 Å². The normalized spacial score (nSPS) is 25.8. The minimum Gasteiger partial charge on any atom is -0.454 e. The molecular formula is C19H21N3O4S2. The standard InChI is InChI=1S/C19H21N3O4S2/c1-19-7-6-16(24)22(19)13(10-27-19)18(25)26-9-15(23)21-17-12(8-20)11-4-2-3-5-14(11)28-17/h13H,2-7,9-10H2,1H3,(H,21,23)/t13-,19+/m0/s1. The van der Waals surface area contributed by atoms with Crippen LogP contribution in [-0.4, -0.2) is 46.0 Å². The maximum absolute atomic E-state index is 12.5. The Labute approximate surface area is 171 Å². The molecule has 2 atom stereocenters. The summed E-state index contributed by atoms with van der Waals surface area (Å²) in [6.45, 7) is 1.54. The molecule has 9 heteroatoms. The number of ether oxygens (including phenoxy) is 1. The third-order valence-corrected chi connectivity index (χ3v) is 8.31. The van der Waals surface area contributed by atoms with Crippen LogP contribution < -0.4 is 5.32 Å². The molecule has 3 aliphatic rings. The molecule has 2 amide bonds. The molecule has 2 aliphatic heterocycles. The molecule has 7 nitrogen and oxygen atoms in total. The molecule has 148 valence electrons. The zero-order chi connectivity index (χ0) is 19.9. The number of anilines is 1. The highest BCUT2D eigenvalue weighted by Gasteiger charge is 2.53. The average molecular weight is 420 g/mol. The summed E-state index contributed by atoms with van der Waals surface area (Å²) in [5, 5.41) is 12.7. The Bertz CT molecular complexity index is 890. The van der Waals surface area contributed by atoms with Gasteiger partial charge >= 0.3 is 5.97 Å². The molecule has 1 aliphatic carbocycles. The summed E-state index contributed by atoms with van der Waals surface area (Å²) >= 11 is 3.02. The molecule has 0 radical (unpaired) electrons. The van der Waals surface area contributed by atoms with Gasteiger partial charge in [0.1, 0.15) is 17.1 Å². The molecule has 1 aromatic rings. The van der Waals surface area contributed by atoms with Crippen molar-refractivity contribution in [1.29, 1.82) is 5.26 Å². The van der Waals surface area contributed by atoms with Gasteiger partial charge in [0.25, 0.3) is 5.91 Å². The van der Waals surface area contributed by atoms with E-state index in [2.05, 4.69) is 11.4 Å². The van der Waals surface area contributed by atoms with E-state index in [0.29, 0.717) is 22.7 Å². The SMILES string of the molecule is C[C@@]12CCC(=O)N1[C@H](C(=O)OCC(=O)Nc1sc3c(c1C#N)CCCC3)CS2. The Kier molecular flexibility index (Phi) is 5.10. The zero-order valence-corrected chi connectivity index (χ0v) is 17.2. The third kappa shape index (κ3) is 3.29. The molecule has 0 unspecified atom stereocenters. The largest absolute Gasteiger partial charge is 0.454 e. The third-order valence-electron chi connectivity index (χ3n) is 5.60. The van der Waals surface area contributed by atoms with E-state index in [9.17, 15) is 19.6 Å². The van der Waals surface area contributed by atoms with Crippen LogP contribution in [0, 0.1) is 11.3 Å². The molecule has 0 saturated carbocycles. The van der Waals surface area contributed by atoms with Crippen molar-refractivity contribution in [3.63, 3.8) is 0 Å². The average Bonchev–Trinajstić information content (AvgIpc) is 3.30. The molecule has 2 saturated heterocycles. The molecular weight excluding hydrogens is 398 g/mol. The first kappa shape index (κ1) is 19.3. The number of aryl methyl sites for hydroxylation is 1. The monoisotopic (exact) mass is 419 g/mol. The van der Waals surface area contributed by atoms with Gasteiger partial charge in [-0.2, -0.15) is 5.26 Å². The number of esters is 1. The van der Waals surface area contributed by atoms with Gasteiger partial charge in [-0.25, -0.2) is 4.79 Å². The number of hydrogen-bond acceptors (Lipinski definition) is 7. The van der Waals surface area contributed by atoms with Crippen molar-refractivity contribution in [3.05, 3.63) is 16.0 Å². The molecule has 28 heavy (non-hydrogen) atoms. The molecule has 4 rings (SSSR count). The number of thioether (sulfide) groups is 1. The van der Waals surface area contributed by atoms with Crippen LogP contribution in [-0.2, 0) is 32.0 Å². The summed E-state index contributed by atoms with van der Waals surface area (Å²) < 4.78 is 5.20. The van der Waals surface area contributed by atoms with Crippen LogP contribution in [0.25, 0.3) is 0 Å². The number of nitrogens with one attached hydrogen (secondary N) is 1. The molecule has 3 heterocycles. The van der Waals surface area contributed by atoms with Gasteiger partial charge in [0.15, 0.2) is 6.61 Å². The van der Waals surface area contributed by atoms with Crippen molar-refractivity contribution in [2.75, 3.05) is 17.7 Å². The fourth-order valence-corrected chi connectivity index (χ4v) is 6.84. The Balaban J connectivity index is 1.37. The van der Waals surface area contributed by atoms with Gasteiger partial charge in [-0.05, 0) is 44.6 Å². The summed E-state index contributed by atoms with van der Waals surface area (Å²) in [6.07, 6.45) is 5.10. The number of carbonyl (C=O) groups excluding carboxylic acids is 3. The number of carbonyl (C=O) groups is 3. The summed E-state index contributed by atoms with van der Waals surface area (Å²) in [6, 6.07) is 1.56. The number of hydrogen-bond donors (Lipinski definition) is 1. The maximum atomic E-state index is 12.5. The molecule has 0 bridgehead atoms. The van der Waals surface area contributed by atoms with Crippen LogP contribution >= 0.6 is 23.1 Å². The summed E-state index contributed by atoms with van der Waals surface area (Å²) in [5.74, 6) is -0.571. The van der Waals surface area contributed by atoms with E-state index < -0.39 is 24.5 Å². The van der Waals surface area contributed by atoms with E-state index in [1.165, 1.54) is 11.3 Å². The number of nitriles is 1. The zero-order valence-electron chi connectivity index (χ0n) is 15.6. The van der Waals surface area contributed by atoms with Gasteiger partial charge < -0.3 is 15.0 Å². The summed E-state index contributed by atoms with van der Waals surface area (Å²) in [7, 11) is 0. The lowest BCUT2D eigenvalue weighted by atomic mass is 9.96. The number of thiophene rings is 1. The highest BCUT2D eigenvalue weighted by molar-refractivity contribution is 8.01. The van der Waals surface area contributed by atoms with Crippen molar-refractivity contribution in [2.45, 2.75) is 56.4 Å². The maximum Gasteiger partial charge on any atom is 0.330 e. The van der Waals surface area contributed by atoms with Crippen LogP contribution in [0.15, 0.2) is 0 Å². The first-order chi connectivity index (χ1) is 13.4. The smallest absolute Gasteiger partial charge is 0.330 e. The lowest BCUT2D eigenvalue weighted by molar-refractivity contribution is -0.155. The van der Waals surface area contributed by atoms with Gasteiger partial charge in [0, 0.05) is 17.1 Å². The minimum atomic E-state index is -0.637. The van der Waals surface area contributed by atoms with Gasteiger partial charge in [-0.3, -0.25) is 9.59 Å². The second kappa shape index (κ2) is 7.41. The number of rotatable bonds is 4. The predicted octanol–water partition coefficient (Wildman–Crippen LogP) is 2.43. The van der Waals surface area contributed by atoms with Crippen LogP contribution in [0.5, 0.6) is 0 Å². The van der Waals surface area contributed by atoms with Crippen molar-refractivity contribution < 1.29 is 19.1 Å². The van der Waals surface area contributed by atoms with Crippen LogP contribution in [0.3, 0.4) is 0 Å². The number of amides is 2. The molecule has 1 aromatic heterocycles. The van der Waals surface area contributed by atoms with E-state index in [1.54, 1.807) is 16.7 Å². The van der Waals surface area contributed by atoms with E-state index in [4.69, 9.17) is 4.74 Å². The molecule has 0 aromatic carbocycles. The second-order valence-electron chi connectivity index (χ2n) is 7.45. The van der Waals surface area contributed by atoms with Gasteiger partial charge in [-0.1, -0.05) is 0 Å². The fraction of sp³-hybridized carbons (Fsp3) is 0.579. The fourth-order valence-electron chi connectivity index (χ4n) is 4.16. The second-order valence-corrected chi connectivity index (χ2v) is 10.1. The minimum absolute atomic E-state index is 0.0401.